The molecule has 2 aromatic carbocycles. The molecular weight excluding hydrogens is 228 g/mol. The van der Waals surface area contributed by atoms with Crippen LogP contribution in [0.25, 0.3) is 0 Å². The zero-order chi connectivity index (χ0) is 12.8. The minimum absolute atomic E-state index is 0.0320. The van der Waals surface area contributed by atoms with E-state index in [1.165, 1.54) is 0 Å². The van der Waals surface area contributed by atoms with Crippen LogP contribution in [0.2, 0.25) is 0 Å². The fourth-order valence-corrected chi connectivity index (χ4v) is 1.58. The molecule has 0 spiro atoms. The van der Waals surface area contributed by atoms with Gasteiger partial charge in [-0.2, -0.15) is 0 Å². The van der Waals surface area contributed by atoms with Crippen LogP contribution in [-0.4, -0.2) is 18.3 Å². The van der Waals surface area contributed by atoms with E-state index in [2.05, 4.69) is 5.32 Å². The standard InChI is InChI=1S/C14H16N2O2/c15-13-7-6-12(10-14(13)18-9-8-17)16-11-4-2-1-3-5-11/h1-7,10,16-17H,8-9,15H2. The molecule has 0 heterocycles. The number of rotatable bonds is 5. The van der Waals surface area contributed by atoms with Crippen LogP contribution in [0.3, 0.4) is 0 Å². The van der Waals surface area contributed by atoms with Gasteiger partial charge in [0.15, 0.2) is 0 Å². The molecule has 0 aliphatic heterocycles. The summed E-state index contributed by atoms with van der Waals surface area (Å²) >= 11 is 0. The highest BCUT2D eigenvalue weighted by molar-refractivity contribution is 5.66. The number of aliphatic hydroxyl groups is 1. The number of anilines is 3. The molecule has 0 amide bonds. The van der Waals surface area contributed by atoms with Gasteiger partial charge in [-0.05, 0) is 24.3 Å². The predicted molar refractivity (Wildman–Crippen MR) is 73.2 cm³/mol. The Morgan fingerprint density at radius 2 is 1.83 bits per heavy atom. The number of ether oxygens (including phenoxy) is 1. The van der Waals surface area contributed by atoms with Crippen molar-refractivity contribution in [1.29, 1.82) is 0 Å². The largest absolute Gasteiger partial charge is 0.489 e. The number of nitrogens with one attached hydrogen (secondary N) is 1. The summed E-state index contributed by atoms with van der Waals surface area (Å²) in [5.74, 6) is 0.574. The van der Waals surface area contributed by atoms with Gasteiger partial charge in [0.25, 0.3) is 0 Å². The molecule has 0 aliphatic carbocycles. The van der Waals surface area contributed by atoms with E-state index in [-0.39, 0.29) is 13.2 Å². The van der Waals surface area contributed by atoms with Crippen molar-refractivity contribution in [3.05, 3.63) is 48.5 Å². The molecule has 0 aromatic heterocycles. The number of hydrogen-bond donors (Lipinski definition) is 3. The predicted octanol–water partition coefficient (Wildman–Crippen LogP) is 2.38. The molecule has 0 bridgehead atoms. The van der Waals surface area contributed by atoms with Crippen molar-refractivity contribution in [2.75, 3.05) is 24.3 Å². The quantitative estimate of drug-likeness (QED) is 0.706. The van der Waals surface area contributed by atoms with E-state index in [1.54, 1.807) is 6.07 Å². The third-order valence-corrected chi connectivity index (χ3v) is 2.42. The smallest absolute Gasteiger partial charge is 0.144 e. The first-order chi connectivity index (χ1) is 8.79. The average Bonchev–Trinajstić information content (AvgIpc) is 2.40. The minimum atomic E-state index is -0.0320. The first kappa shape index (κ1) is 12.3. The SMILES string of the molecule is Nc1ccc(Nc2ccccc2)cc1OCCO. The molecule has 0 saturated carbocycles. The lowest BCUT2D eigenvalue weighted by Gasteiger charge is -2.11. The Bertz CT molecular complexity index is 500. The number of nitrogens with two attached hydrogens (primary N) is 1. The molecule has 0 unspecified atom stereocenters. The Hall–Kier alpha value is -2.20. The fraction of sp³-hybridized carbons (Fsp3) is 0.143. The second kappa shape index (κ2) is 5.93. The van der Waals surface area contributed by atoms with Crippen LogP contribution >= 0.6 is 0 Å². The van der Waals surface area contributed by atoms with E-state index >= 15 is 0 Å². The highest BCUT2D eigenvalue weighted by atomic mass is 16.5. The molecule has 94 valence electrons. The van der Waals surface area contributed by atoms with Crippen LogP contribution in [0.1, 0.15) is 0 Å². The van der Waals surface area contributed by atoms with Gasteiger partial charge in [-0.3, -0.25) is 0 Å². The summed E-state index contributed by atoms with van der Waals surface area (Å²) in [6.45, 7) is 0.203. The number of para-hydroxylation sites is 1. The van der Waals surface area contributed by atoms with Crippen LogP contribution in [0.15, 0.2) is 48.5 Å². The Labute approximate surface area is 106 Å². The number of nitrogen functional groups attached to an aromatic ring is 1. The van der Waals surface area contributed by atoms with Gasteiger partial charge in [-0.1, -0.05) is 18.2 Å². The van der Waals surface area contributed by atoms with Gasteiger partial charge in [0, 0.05) is 17.4 Å². The van der Waals surface area contributed by atoms with Crippen LogP contribution in [0.5, 0.6) is 5.75 Å². The second-order valence-corrected chi connectivity index (χ2v) is 3.82. The summed E-state index contributed by atoms with van der Waals surface area (Å²) in [7, 11) is 0. The summed E-state index contributed by atoms with van der Waals surface area (Å²) in [5, 5.41) is 12.0. The Kier molecular flexibility index (Phi) is 4.04. The number of aliphatic hydroxyl groups excluding tert-OH is 1. The summed E-state index contributed by atoms with van der Waals surface area (Å²) in [6.07, 6.45) is 0. The minimum Gasteiger partial charge on any atom is -0.489 e. The van der Waals surface area contributed by atoms with Crippen molar-refractivity contribution in [1.82, 2.24) is 0 Å². The van der Waals surface area contributed by atoms with Crippen molar-refractivity contribution in [2.24, 2.45) is 0 Å². The summed E-state index contributed by atoms with van der Waals surface area (Å²) in [5.41, 5.74) is 8.23. The topological polar surface area (TPSA) is 67.5 Å². The lowest BCUT2D eigenvalue weighted by molar-refractivity contribution is 0.202. The maximum Gasteiger partial charge on any atom is 0.144 e. The lowest BCUT2D eigenvalue weighted by Crippen LogP contribution is -2.04. The third-order valence-electron chi connectivity index (χ3n) is 2.42. The number of benzene rings is 2. The molecule has 4 nitrogen and oxygen atoms in total. The van der Waals surface area contributed by atoms with Crippen LogP contribution in [-0.2, 0) is 0 Å². The van der Waals surface area contributed by atoms with E-state index in [0.717, 1.165) is 11.4 Å². The molecule has 0 atom stereocenters. The van der Waals surface area contributed by atoms with Gasteiger partial charge in [-0.25, -0.2) is 0 Å². The van der Waals surface area contributed by atoms with Crippen LogP contribution in [0, 0.1) is 0 Å². The molecule has 0 saturated heterocycles. The Morgan fingerprint density at radius 3 is 2.56 bits per heavy atom. The molecule has 0 radical (unpaired) electrons. The van der Waals surface area contributed by atoms with Gasteiger partial charge in [0.05, 0.1) is 12.3 Å². The third kappa shape index (κ3) is 3.15. The molecule has 2 aromatic rings. The van der Waals surface area contributed by atoms with Crippen molar-refractivity contribution >= 4 is 17.1 Å². The zero-order valence-electron chi connectivity index (χ0n) is 9.97. The maximum absolute atomic E-state index is 8.74. The molecule has 0 fully saturated rings. The van der Waals surface area contributed by atoms with Gasteiger partial charge in [-0.15, -0.1) is 0 Å². The highest BCUT2D eigenvalue weighted by Gasteiger charge is 2.02. The van der Waals surface area contributed by atoms with Gasteiger partial charge >= 0.3 is 0 Å². The Morgan fingerprint density at radius 1 is 1.06 bits per heavy atom. The average molecular weight is 244 g/mol. The first-order valence-corrected chi connectivity index (χ1v) is 5.75. The molecule has 4 heteroatoms. The molecule has 4 N–H and O–H groups in total. The van der Waals surface area contributed by atoms with Crippen LogP contribution < -0.4 is 15.8 Å². The van der Waals surface area contributed by atoms with Crippen molar-refractivity contribution in [3.8, 4) is 5.75 Å². The molecule has 18 heavy (non-hydrogen) atoms. The monoisotopic (exact) mass is 244 g/mol. The van der Waals surface area contributed by atoms with Crippen molar-refractivity contribution < 1.29 is 9.84 Å². The van der Waals surface area contributed by atoms with Crippen molar-refractivity contribution in [2.45, 2.75) is 0 Å². The molecular formula is C14H16N2O2. The van der Waals surface area contributed by atoms with E-state index in [4.69, 9.17) is 15.6 Å². The van der Waals surface area contributed by atoms with E-state index < -0.39 is 0 Å². The fourth-order valence-electron chi connectivity index (χ4n) is 1.58. The van der Waals surface area contributed by atoms with Crippen LogP contribution in [0.4, 0.5) is 17.1 Å². The Balaban J connectivity index is 2.14. The highest BCUT2D eigenvalue weighted by Crippen LogP contribution is 2.27. The van der Waals surface area contributed by atoms with Gasteiger partial charge in [0.1, 0.15) is 12.4 Å². The molecule has 2 rings (SSSR count). The van der Waals surface area contributed by atoms with E-state index in [1.807, 2.05) is 42.5 Å². The van der Waals surface area contributed by atoms with E-state index in [9.17, 15) is 0 Å². The van der Waals surface area contributed by atoms with E-state index in [0.29, 0.717) is 11.4 Å². The summed E-state index contributed by atoms with van der Waals surface area (Å²) in [6, 6.07) is 15.3. The summed E-state index contributed by atoms with van der Waals surface area (Å²) < 4.78 is 5.35. The lowest BCUT2D eigenvalue weighted by atomic mass is 10.2. The normalized spacial score (nSPS) is 10.1. The van der Waals surface area contributed by atoms with Gasteiger partial charge in [0.2, 0.25) is 0 Å². The number of hydrogen-bond acceptors (Lipinski definition) is 4. The van der Waals surface area contributed by atoms with Crippen molar-refractivity contribution in [3.63, 3.8) is 0 Å². The first-order valence-electron chi connectivity index (χ1n) is 5.75. The maximum atomic E-state index is 8.74. The zero-order valence-corrected chi connectivity index (χ0v) is 9.97. The van der Waals surface area contributed by atoms with Gasteiger partial charge < -0.3 is 20.9 Å². The molecule has 0 aliphatic rings. The summed E-state index contributed by atoms with van der Waals surface area (Å²) in [4.78, 5) is 0. The second-order valence-electron chi connectivity index (χ2n) is 3.82.